The Bertz CT molecular complexity index is 887. The van der Waals surface area contributed by atoms with Crippen molar-refractivity contribution in [2.24, 2.45) is 0 Å². The molecule has 0 atom stereocenters. The molecular weight excluding hydrogens is 390 g/mol. The minimum Gasteiger partial charge on any atom is -0.354 e. The molecule has 0 aromatic heterocycles. The lowest BCUT2D eigenvalue weighted by Gasteiger charge is -2.27. The highest BCUT2D eigenvalue weighted by Crippen LogP contribution is 2.40. The van der Waals surface area contributed by atoms with Crippen LogP contribution >= 0.6 is 11.8 Å². The van der Waals surface area contributed by atoms with Crippen LogP contribution in [0.15, 0.2) is 59.5 Å². The van der Waals surface area contributed by atoms with E-state index in [1.165, 1.54) is 11.1 Å². The standard InChI is InChI=1S/C22H27NO3S2/c1-18-9-11-19(12-10-18)17-27-16-15-23-21(24)22(13-5-6-14-22)28(25,26)20-7-3-2-4-8-20/h2-4,7-12H,5-6,13-17H2,1H3,(H,23,24). The second-order valence-electron chi connectivity index (χ2n) is 7.31. The maximum atomic E-state index is 13.2. The van der Waals surface area contributed by atoms with Gasteiger partial charge in [0.1, 0.15) is 0 Å². The lowest BCUT2D eigenvalue weighted by molar-refractivity contribution is -0.123. The van der Waals surface area contributed by atoms with Gasteiger partial charge in [-0.25, -0.2) is 8.42 Å². The van der Waals surface area contributed by atoms with Crippen LogP contribution in [0.2, 0.25) is 0 Å². The Morgan fingerprint density at radius 3 is 2.32 bits per heavy atom. The summed E-state index contributed by atoms with van der Waals surface area (Å²) >= 11 is 1.74. The Kier molecular flexibility index (Phi) is 6.83. The first-order chi connectivity index (χ1) is 13.5. The molecule has 0 saturated heterocycles. The van der Waals surface area contributed by atoms with E-state index in [0.717, 1.165) is 24.3 Å². The first kappa shape index (κ1) is 20.9. The number of nitrogens with one attached hydrogen (secondary N) is 1. The summed E-state index contributed by atoms with van der Waals surface area (Å²) in [6, 6.07) is 16.8. The SMILES string of the molecule is Cc1ccc(CSCCNC(=O)C2(S(=O)(=O)c3ccccc3)CCCC2)cc1. The number of rotatable bonds is 8. The van der Waals surface area contributed by atoms with Gasteiger partial charge in [-0.3, -0.25) is 4.79 Å². The maximum absolute atomic E-state index is 13.2. The van der Waals surface area contributed by atoms with Crippen LogP contribution in [0.25, 0.3) is 0 Å². The summed E-state index contributed by atoms with van der Waals surface area (Å²) in [5, 5.41) is 2.90. The van der Waals surface area contributed by atoms with E-state index >= 15 is 0 Å². The molecule has 0 radical (unpaired) electrons. The Hall–Kier alpha value is -1.79. The van der Waals surface area contributed by atoms with Gasteiger partial charge >= 0.3 is 0 Å². The van der Waals surface area contributed by atoms with Crippen molar-refractivity contribution >= 4 is 27.5 Å². The lowest BCUT2D eigenvalue weighted by atomic mass is 10.1. The summed E-state index contributed by atoms with van der Waals surface area (Å²) in [5.41, 5.74) is 2.49. The van der Waals surface area contributed by atoms with Gasteiger partial charge in [-0.05, 0) is 37.5 Å². The minimum absolute atomic E-state index is 0.237. The number of amides is 1. The average Bonchev–Trinajstić information content (AvgIpc) is 3.21. The normalized spacial score (nSPS) is 16.0. The van der Waals surface area contributed by atoms with Gasteiger partial charge in [-0.15, -0.1) is 0 Å². The van der Waals surface area contributed by atoms with E-state index in [-0.39, 0.29) is 10.8 Å². The number of sulfone groups is 1. The van der Waals surface area contributed by atoms with Crippen molar-refractivity contribution in [3.8, 4) is 0 Å². The molecule has 2 aromatic rings. The van der Waals surface area contributed by atoms with Crippen molar-refractivity contribution < 1.29 is 13.2 Å². The number of aryl methyl sites for hydroxylation is 1. The highest BCUT2D eigenvalue weighted by atomic mass is 32.2. The maximum Gasteiger partial charge on any atom is 0.241 e. The fourth-order valence-corrected chi connectivity index (χ4v) is 6.59. The molecule has 0 aliphatic heterocycles. The zero-order valence-electron chi connectivity index (χ0n) is 16.2. The van der Waals surface area contributed by atoms with Crippen LogP contribution in [0.3, 0.4) is 0 Å². The molecule has 3 rings (SSSR count). The summed E-state index contributed by atoms with van der Waals surface area (Å²) in [4.78, 5) is 13.2. The van der Waals surface area contributed by atoms with Gasteiger partial charge in [0, 0.05) is 18.1 Å². The molecule has 4 nitrogen and oxygen atoms in total. The quantitative estimate of drug-likeness (QED) is 0.656. The Labute approximate surface area is 172 Å². The van der Waals surface area contributed by atoms with E-state index < -0.39 is 14.6 Å². The smallest absolute Gasteiger partial charge is 0.241 e. The van der Waals surface area contributed by atoms with Crippen molar-refractivity contribution in [3.05, 3.63) is 65.7 Å². The zero-order valence-corrected chi connectivity index (χ0v) is 17.8. The molecule has 1 fully saturated rings. The van der Waals surface area contributed by atoms with Gasteiger partial charge in [0.05, 0.1) is 4.90 Å². The van der Waals surface area contributed by atoms with E-state index in [0.29, 0.717) is 19.4 Å². The summed E-state index contributed by atoms with van der Waals surface area (Å²) in [6.45, 7) is 2.54. The van der Waals surface area contributed by atoms with E-state index in [1.807, 2.05) is 0 Å². The molecule has 0 spiro atoms. The van der Waals surface area contributed by atoms with E-state index in [1.54, 1.807) is 42.1 Å². The van der Waals surface area contributed by atoms with E-state index in [9.17, 15) is 13.2 Å². The Morgan fingerprint density at radius 2 is 1.68 bits per heavy atom. The summed E-state index contributed by atoms with van der Waals surface area (Å²) in [5.74, 6) is 1.29. The molecule has 6 heteroatoms. The molecule has 150 valence electrons. The molecule has 1 aliphatic rings. The molecule has 1 amide bonds. The van der Waals surface area contributed by atoms with Crippen molar-refractivity contribution in [2.75, 3.05) is 12.3 Å². The molecule has 0 bridgehead atoms. The van der Waals surface area contributed by atoms with Gasteiger partial charge < -0.3 is 5.32 Å². The fraction of sp³-hybridized carbons (Fsp3) is 0.409. The van der Waals surface area contributed by atoms with Gasteiger partial charge in [0.25, 0.3) is 0 Å². The third-order valence-corrected chi connectivity index (χ3v) is 8.86. The third kappa shape index (κ3) is 4.44. The minimum atomic E-state index is -3.71. The summed E-state index contributed by atoms with van der Waals surface area (Å²) in [6.07, 6.45) is 2.32. The van der Waals surface area contributed by atoms with Crippen molar-refractivity contribution in [1.29, 1.82) is 0 Å². The topological polar surface area (TPSA) is 63.2 Å². The first-order valence-corrected chi connectivity index (χ1v) is 12.3. The van der Waals surface area contributed by atoms with E-state index in [2.05, 4.69) is 36.5 Å². The average molecular weight is 418 g/mol. The Morgan fingerprint density at radius 1 is 1.04 bits per heavy atom. The molecule has 1 saturated carbocycles. The van der Waals surface area contributed by atoms with Crippen LogP contribution < -0.4 is 5.32 Å². The monoisotopic (exact) mass is 417 g/mol. The predicted molar refractivity (Wildman–Crippen MR) is 115 cm³/mol. The van der Waals surface area contributed by atoms with Crippen molar-refractivity contribution in [1.82, 2.24) is 5.32 Å². The molecule has 1 N–H and O–H groups in total. The second kappa shape index (κ2) is 9.14. The van der Waals surface area contributed by atoms with Crippen molar-refractivity contribution in [3.63, 3.8) is 0 Å². The number of benzene rings is 2. The van der Waals surface area contributed by atoms with Crippen LogP contribution in [0.4, 0.5) is 0 Å². The lowest BCUT2D eigenvalue weighted by Crippen LogP contribution is -2.51. The predicted octanol–water partition coefficient (Wildman–Crippen LogP) is 4.13. The number of carbonyl (C=O) groups is 1. The van der Waals surface area contributed by atoms with Crippen LogP contribution in [0.5, 0.6) is 0 Å². The molecule has 0 unspecified atom stereocenters. The van der Waals surface area contributed by atoms with Crippen LogP contribution in [-0.2, 0) is 20.4 Å². The summed E-state index contributed by atoms with van der Waals surface area (Å²) in [7, 11) is -3.71. The first-order valence-electron chi connectivity index (χ1n) is 9.67. The molecular formula is C22H27NO3S2. The van der Waals surface area contributed by atoms with Gasteiger partial charge in [0.2, 0.25) is 5.91 Å². The van der Waals surface area contributed by atoms with Crippen LogP contribution in [0.1, 0.15) is 36.8 Å². The fourth-order valence-electron chi connectivity index (χ4n) is 3.66. The number of hydrogen-bond acceptors (Lipinski definition) is 4. The molecule has 28 heavy (non-hydrogen) atoms. The third-order valence-electron chi connectivity index (χ3n) is 5.31. The largest absolute Gasteiger partial charge is 0.354 e. The summed E-state index contributed by atoms with van der Waals surface area (Å²) < 4.78 is 25.1. The molecule has 1 aliphatic carbocycles. The Balaban J connectivity index is 1.58. The number of thioether (sulfide) groups is 1. The van der Waals surface area contributed by atoms with Crippen LogP contribution in [-0.4, -0.2) is 31.4 Å². The van der Waals surface area contributed by atoms with Crippen LogP contribution in [0, 0.1) is 6.92 Å². The molecule has 2 aromatic carbocycles. The zero-order chi connectivity index (χ0) is 20.0. The van der Waals surface area contributed by atoms with Crippen molar-refractivity contribution in [2.45, 2.75) is 48.0 Å². The molecule has 0 heterocycles. The number of carbonyl (C=O) groups excluding carboxylic acids is 1. The second-order valence-corrected chi connectivity index (χ2v) is 10.7. The van der Waals surface area contributed by atoms with Gasteiger partial charge in [-0.2, -0.15) is 11.8 Å². The highest BCUT2D eigenvalue weighted by Gasteiger charge is 2.52. The van der Waals surface area contributed by atoms with Gasteiger partial charge in [0.15, 0.2) is 14.6 Å². The highest BCUT2D eigenvalue weighted by molar-refractivity contribution is 7.98. The van der Waals surface area contributed by atoms with Gasteiger partial charge in [-0.1, -0.05) is 60.9 Å². The van der Waals surface area contributed by atoms with E-state index in [4.69, 9.17) is 0 Å². The number of hydrogen-bond donors (Lipinski definition) is 1.